The summed E-state index contributed by atoms with van der Waals surface area (Å²) in [6, 6.07) is 10.8. The summed E-state index contributed by atoms with van der Waals surface area (Å²) in [5, 5.41) is 2.51. The molecule has 0 aliphatic rings. The standard InChI is InChI=1S/C16H11BrFNO2/c1-2-9-21-13-6-3-11(4-7-13)16(20)19-15-8-5-12(17)10-14(15)18/h1,3-8,10H,9H2,(H,19,20). The Morgan fingerprint density at radius 1 is 1.29 bits per heavy atom. The first-order chi connectivity index (χ1) is 10.1. The van der Waals surface area contributed by atoms with Crippen molar-refractivity contribution in [1.82, 2.24) is 0 Å². The molecule has 2 aromatic carbocycles. The van der Waals surface area contributed by atoms with Crippen LogP contribution < -0.4 is 10.1 Å². The van der Waals surface area contributed by atoms with Gasteiger partial charge in [0.15, 0.2) is 0 Å². The van der Waals surface area contributed by atoms with Crippen LogP contribution in [-0.4, -0.2) is 12.5 Å². The van der Waals surface area contributed by atoms with E-state index in [2.05, 4.69) is 27.2 Å². The van der Waals surface area contributed by atoms with Gasteiger partial charge >= 0.3 is 0 Å². The number of nitrogens with one attached hydrogen (secondary N) is 1. The van der Waals surface area contributed by atoms with Crippen molar-refractivity contribution in [1.29, 1.82) is 0 Å². The number of halogens is 2. The third-order valence-corrected chi connectivity index (χ3v) is 3.11. The second kappa shape index (κ2) is 6.91. The third-order valence-electron chi connectivity index (χ3n) is 2.62. The third kappa shape index (κ3) is 4.07. The highest BCUT2D eigenvalue weighted by molar-refractivity contribution is 9.10. The molecule has 0 atom stereocenters. The Morgan fingerprint density at radius 3 is 2.62 bits per heavy atom. The van der Waals surface area contributed by atoms with E-state index in [4.69, 9.17) is 11.2 Å². The number of anilines is 1. The van der Waals surface area contributed by atoms with Gasteiger partial charge in [0.05, 0.1) is 5.69 Å². The van der Waals surface area contributed by atoms with E-state index in [-0.39, 0.29) is 12.3 Å². The van der Waals surface area contributed by atoms with E-state index in [1.54, 1.807) is 30.3 Å². The van der Waals surface area contributed by atoms with Crippen LogP contribution in [0, 0.1) is 18.2 Å². The lowest BCUT2D eigenvalue weighted by atomic mass is 10.2. The van der Waals surface area contributed by atoms with Gasteiger partial charge in [-0.15, -0.1) is 6.42 Å². The minimum atomic E-state index is -0.508. The Bertz CT molecular complexity index is 692. The number of rotatable bonds is 4. The van der Waals surface area contributed by atoms with Crippen molar-refractivity contribution in [2.24, 2.45) is 0 Å². The second-order valence-electron chi connectivity index (χ2n) is 4.10. The van der Waals surface area contributed by atoms with Gasteiger partial charge in [-0.3, -0.25) is 4.79 Å². The second-order valence-corrected chi connectivity index (χ2v) is 5.01. The molecular formula is C16H11BrFNO2. The van der Waals surface area contributed by atoms with Gasteiger partial charge in [-0.1, -0.05) is 21.9 Å². The van der Waals surface area contributed by atoms with Crippen LogP contribution in [0.15, 0.2) is 46.9 Å². The zero-order chi connectivity index (χ0) is 15.2. The molecule has 5 heteroatoms. The first kappa shape index (κ1) is 15.1. The summed E-state index contributed by atoms with van der Waals surface area (Å²) in [7, 11) is 0. The Balaban J connectivity index is 2.08. The molecule has 106 valence electrons. The number of benzene rings is 2. The van der Waals surface area contributed by atoms with E-state index < -0.39 is 11.7 Å². The molecule has 0 fully saturated rings. The molecule has 2 rings (SSSR count). The van der Waals surface area contributed by atoms with Crippen molar-refractivity contribution < 1.29 is 13.9 Å². The maximum Gasteiger partial charge on any atom is 0.255 e. The van der Waals surface area contributed by atoms with Crippen LogP contribution in [-0.2, 0) is 0 Å². The quantitative estimate of drug-likeness (QED) is 0.853. The van der Waals surface area contributed by atoms with Crippen molar-refractivity contribution in [3.05, 3.63) is 58.3 Å². The largest absolute Gasteiger partial charge is 0.481 e. The monoisotopic (exact) mass is 347 g/mol. The molecule has 0 saturated heterocycles. The molecule has 0 unspecified atom stereocenters. The molecule has 0 aliphatic carbocycles. The number of terminal acetylenes is 1. The van der Waals surface area contributed by atoms with E-state index in [0.29, 0.717) is 15.8 Å². The summed E-state index contributed by atoms with van der Waals surface area (Å²) < 4.78 is 19.5. The van der Waals surface area contributed by atoms with E-state index in [0.717, 1.165) is 0 Å². The van der Waals surface area contributed by atoms with E-state index >= 15 is 0 Å². The number of carbonyl (C=O) groups excluding carboxylic acids is 1. The Hall–Kier alpha value is -2.32. The lowest BCUT2D eigenvalue weighted by molar-refractivity contribution is 0.102. The summed E-state index contributed by atoms with van der Waals surface area (Å²) in [6.07, 6.45) is 5.09. The maximum absolute atomic E-state index is 13.6. The van der Waals surface area contributed by atoms with Crippen LogP contribution in [0.1, 0.15) is 10.4 Å². The number of amides is 1. The lowest BCUT2D eigenvalue weighted by Gasteiger charge is -2.07. The van der Waals surface area contributed by atoms with Crippen molar-refractivity contribution in [2.75, 3.05) is 11.9 Å². The molecule has 3 nitrogen and oxygen atoms in total. The number of ether oxygens (including phenoxy) is 1. The van der Waals surface area contributed by atoms with Crippen LogP contribution in [0.4, 0.5) is 10.1 Å². The molecule has 1 N–H and O–H groups in total. The molecule has 21 heavy (non-hydrogen) atoms. The highest BCUT2D eigenvalue weighted by Crippen LogP contribution is 2.20. The zero-order valence-electron chi connectivity index (χ0n) is 10.9. The Morgan fingerprint density at radius 2 is 2.00 bits per heavy atom. The van der Waals surface area contributed by atoms with Gasteiger partial charge < -0.3 is 10.1 Å². The molecule has 0 aromatic heterocycles. The molecule has 0 aliphatic heterocycles. The normalized spacial score (nSPS) is 9.76. The first-order valence-electron chi connectivity index (χ1n) is 6.03. The predicted octanol–water partition coefficient (Wildman–Crippen LogP) is 3.85. The van der Waals surface area contributed by atoms with Gasteiger partial charge in [0.2, 0.25) is 0 Å². The fraction of sp³-hybridized carbons (Fsp3) is 0.0625. The smallest absolute Gasteiger partial charge is 0.255 e. The van der Waals surface area contributed by atoms with Crippen molar-refractivity contribution >= 4 is 27.5 Å². The fourth-order valence-corrected chi connectivity index (χ4v) is 1.95. The number of hydrogen-bond acceptors (Lipinski definition) is 2. The van der Waals surface area contributed by atoms with Crippen LogP contribution in [0.3, 0.4) is 0 Å². The SMILES string of the molecule is C#CCOc1ccc(C(=O)Nc2ccc(Br)cc2F)cc1. The van der Waals surface area contributed by atoms with E-state index in [1.807, 2.05) is 0 Å². The maximum atomic E-state index is 13.6. The van der Waals surface area contributed by atoms with Gasteiger partial charge in [0.25, 0.3) is 5.91 Å². The summed E-state index contributed by atoms with van der Waals surface area (Å²) in [4.78, 5) is 12.0. The van der Waals surface area contributed by atoms with Crippen molar-refractivity contribution in [3.8, 4) is 18.1 Å². The van der Waals surface area contributed by atoms with Gasteiger partial charge in [0.1, 0.15) is 18.2 Å². The van der Waals surface area contributed by atoms with E-state index in [9.17, 15) is 9.18 Å². The first-order valence-corrected chi connectivity index (χ1v) is 6.82. The van der Waals surface area contributed by atoms with Crippen LogP contribution in [0.5, 0.6) is 5.75 Å². The average Bonchev–Trinajstić information content (AvgIpc) is 2.48. The van der Waals surface area contributed by atoms with Crippen LogP contribution in [0.25, 0.3) is 0 Å². The Labute approximate surface area is 130 Å². The lowest BCUT2D eigenvalue weighted by Crippen LogP contribution is -2.12. The summed E-state index contributed by atoms with van der Waals surface area (Å²) in [6.45, 7) is 0.162. The van der Waals surface area contributed by atoms with Crippen LogP contribution >= 0.6 is 15.9 Å². The van der Waals surface area contributed by atoms with Gasteiger partial charge in [-0.25, -0.2) is 4.39 Å². The van der Waals surface area contributed by atoms with Crippen molar-refractivity contribution in [3.63, 3.8) is 0 Å². The summed E-state index contributed by atoms with van der Waals surface area (Å²) in [5.74, 6) is 2.01. The molecule has 0 heterocycles. The topological polar surface area (TPSA) is 38.3 Å². The molecule has 2 aromatic rings. The highest BCUT2D eigenvalue weighted by Gasteiger charge is 2.09. The van der Waals surface area contributed by atoms with E-state index in [1.165, 1.54) is 12.1 Å². The zero-order valence-corrected chi connectivity index (χ0v) is 12.5. The van der Waals surface area contributed by atoms with Gasteiger partial charge in [-0.2, -0.15) is 0 Å². The molecule has 1 amide bonds. The fourth-order valence-electron chi connectivity index (χ4n) is 1.61. The molecule has 0 saturated carbocycles. The minimum absolute atomic E-state index is 0.121. The van der Waals surface area contributed by atoms with Gasteiger partial charge in [-0.05, 0) is 42.5 Å². The Kier molecular flexibility index (Phi) is 4.96. The number of carbonyl (C=O) groups is 1. The molecule has 0 radical (unpaired) electrons. The van der Waals surface area contributed by atoms with Crippen molar-refractivity contribution in [2.45, 2.75) is 0 Å². The average molecular weight is 348 g/mol. The molecule has 0 bridgehead atoms. The van der Waals surface area contributed by atoms with Crippen LogP contribution in [0.2, 0.25) is 0 Å². The number of hydrogen-bond donors (Lipinski definition) is 1. The highest BCUT2D eigenvalue weighted by atomic mass is 79.9. The molecular weight excluding hydrogens is 337 g/mol. The minimum Gasteiger partial charge on any atom is -0.481 e. The summed E-state index contributed by atoms with van der Waals surface area (Å²) in [5.41, 5.74) is 0.515. The molecule has 0 spiro atoms. The predicted molar refractivity (Wildman–Crippen MR) is 82.8 cm³/mol. The van der Waals surface area contributed by atoms with Gasteiger partial charge in [0, 0.05) is 10.0 Å². The summed E-state index contributed by atoms with van der Waals surface area (Å²) >= 11 is 3.16.